The van der Waals surface area contributed by atoms with Gasteiger partial charge in [-0.2, -0.15) is 0 Å². The van der Waals surface area contributed by atoms with Crippen LogP contribution in [-0.2, 0) is 11.8 Å². The maximum absolute atomic E-state index is 12.4. The molecule has 1 aromatic heterocycles. The van der Waals surface area contributed by atoms with E-state index in [4.69, 9.17) is 4.74 Å². The fraction of sp³-hybridized carbons (Fsp3) is 0.467. The lowest BCUT2D eigenvalue weighted by Gasteiger charge is -2.11. The van der Waals surface area contributed by atoms with Crippen molar-refractivity contribution in [1.29, 1.82) is 0 Å². The van der Waals surface area contributed by atoms with Crippen LogP contribution in [0.3, 0.4) is 0 Å². The average Bonchev–Trinajstić information content (AvgIpc) is 2.95. The number of aromatic nitrogens is 2. The van der Waals surface area contributed by atoms with Crippen molar-refractivity contribution in [3.63, 3.8) is 0 Å². The molecule has 2 aromatic rings. The molecule has 106 valence electrons. The van der Waals surface area contributed by atoms with Crippen molar-refractivity contribution in [2.45, 2.75) is 31.0 Å². The molecule has 0 radical (unpaired) electrons. The minimum Gasteiger partial charge on any atom is -0.377 e. The Morgan fingerprint density at radius 3 is 3.10 bits per heavy atom. The summed E-state index contributed by atoms with van der Waals surface area (Å²) < 4.78 is 7.25. The number of ether oxygens (including phenoxy) is 1. The molecule has 1 atom stereocenters. The SMILES string of the molecule is Cc1ccc2nc(SC[C@@H]3CCCO3)n(C)c(=O)c2c1. The maximum atomic E-state index is 12.4. The highest BCUT2D eigenvalue weighted by atomic mass is 32.2. The van der Waals surface area contributed by atoms with E-state index in [1.807, 2.05) is 25.1 Å². The number of nitrogens with zero attached hydrogens (tertiary/aromatic N) is 2. The summed E-state index contributed by atoms with van der Waals surface area (Å²) in [5.41, 5.74) is 1.87. The third-order valence-electron chi connectivity index (χ3n) is 3.61. The summed E-state index contributed by atoms with van der Waals surface area (Å²) in [5.74, 6) is 0.859. The quantitative estimate of drug-likeness (QED) is 0.643. The van der Waals surface area contributed by atoms with Crippen molar-refractivity contribution in [3.8, 4) is 0 Å². The van der Waals surface area contributed by atoms with E-state index < -0.39 is 0 Å². The van der Waals surface area contributed by atoms with Gasteiger partial charge in [-0.05, 0) is 31.9 Å². The molecule has 1 saturated heterocycles. The molecule has 0 amide bonds. The molecule has 2 heterocycles. The maximum Gasteiger partial charge on any atom is 0.261 e. The van der Waals surface area contributed by atoms with E-state index in [1.165, 1.54) is 0 Å². The van der Waals surface area contributed by atoms with Crippen molar-refractivity contribution < 1.29 is 4.74 Å². The molecule has 1 aliphatic heterocycles. The summed E-state index contributed by atoms with van der Waals surface area (Å²) in [7, 11) is 1.79. The van der Waals surface area contributed by atoms with Crippen LogP contribution >= 0.6 is 11.8 Å². The van der Waals surface area contributed by atoms with Crippen LogP contribution < -0.4 is 5.56 Å². The largest absolute Gasteiger partial charge is 0.377 e. The van der Waals surface area contributed by atoms with E-state index in [9.17, 15) is 4.79 Å². The van der Waals surface area contributed by atoms with Crippen LogP contribution in [-0.4, -0.2) is 28.0 Å². The van der Waals surface area contributed by atoms with Crippen LogP contribution in [0.4, 0.5) is 0 Å². The first-order valence-electron chi connectivity index (χ1n) is 6.87. The molecule has 0 unspecified atom stereocenters. The van der Waals surface area contributed by atoms with Gasteiger partial charge in [0.15, 0.2) is 5.16 Å². The topological polar surface area (TPSA) is 44.1 Å². The molecule has 0 aliphatic carbocycles. The molecule has 0 spiro atoms. The normalized spacial score (nSPS) is 18.8. The fourth-order valence-electron chi connectivity index (χ4n) is 2.44. The molecule has 4 nitrogen and oxygen atoms in total. The highest BCUT2D eigenvalue weighted by Gasteiger charge is 2.17. The molecule has 1 aromatic carbocycles. The zero-order valence-electron chi connectivity index (χ0n) is 11.8. The van der Waals surface area contributed by atoms with Crippen molar-refractivity contribution in [3.05, 3.63) is 34.1 Å². The zero-order chi connectivity index (χ0) is 14.1. The number of hydrogen-bond acceptors (Lipinski definition) is 4. The Kier molecular flexibility index (Phi) is 3.81. The van der Waals surface area contributed by atoms with Crippen LogP contribution in [0.25, 0.3) is 10.9 Å². The van der Waals surface area contributed by atoms with Crippen molar-refractivity contribution >= 4 is 22.7 Å². The molecule has 1 aliphatic rings. The first kappa shape index (κ1) is 13.6. The predicted molar refractivity (Wildman–Crippen MR) is 81.4 cm³/mol. The molecule has 0 saturated carbocycles. The molecule has 0 N–H and O–H groups in total. The van der Waals surface area contributed by atoms with Gasteiger partial charge in [-0.1, -0.05) is 23.4 Å². The summed E-state index contributed by atoms with van der Waals surface area (Å²) in [6.45, 7) is 2.84. The smallest absolute Gasteiger partial charge is 0.261 e. The second kappa shape index (κ2) is 5.58. The van der Waals surface area contributed by atoms with Crippen LogP contribution in [0.15, 0.2) is 28.2 Å². The zero-order valence-corrected chi connectivity index (χ0v) is 12.6. The molecular formula is C15H18N2O2S. The Morgan fingerprint density at radius 2 is 2.35 bits per heavy atom. The molecule has 0 bridgehead atoms. The summed E-state index contributed by atoms with van der Waals surface area (Å²) >= 11 is 1.60. The summed E-state index contributed by atoms with van der Waals surface area (Å²) in [4.78, 5) is 17.0. The monoisotopic (exact) mass is 290 g/mol. The van der Waals surface area contributed by atoms with Gasteiger partial charge in [-0.25, -0.2) is 4.98 Å². The van der Waals surface area contributed by atoms with Crippen molar-refractivity contribution in [2.24, 2.45) is 7.05 Å². The predicted octanol–water partition coefficient (Wildman–Crippen LogP) is 2.51. The Bertz CT molecular complexity index is 690. The van der Waals surface area contributed by atoms with Crippen LogP contribution in [0.2, 0.25) is 0 Å². The first-order valence-corrected chi connectivity index (χ1v) is 7.85. The lowest BCUT2D eigenvalue weighted by Crippen LogP contribution is -2.21. The third-order valence-corrected chi connectivity index (χ3v) is 4.77. The Hall–Kier alpha value is -1.33. The number of rotatable bonds is 3. The number of fused-ring (bicyclic) bond motifs is 1. The highest BCUT2D eigenvalue weighted by molar-refractivity contribution is 7.99. The van der Waals surface area contributed by atoms with E-state index in [1.54, 1.807) is 23.4 Å². The Balaban J connectivity index is 1.92. The van der Waals surface area contributed by atoms with E-state index in [0.717, 1.165) is 41.4 Å². The Morgan fingerprint density at radius 1 is 1.50 bits per heavy atom. The molecule has 3 rings (SSSR count). The summed E-state index contributed by atoms with van der Waals surface area (Å²) in [6, 6.07) is 5.81. The third kappa shape index (κ3) is 2.60. The molecule has 5 heteroatoms. The van der Waals surface area contributed by atoms with Crippen LogP contribution in [0.5, 0.6) is 0 Å². The van der Waals surface area contributed by atoms with Crippen molar-refractivity contribution in [1.82, 2.24) is 9.55 Å². The van der Waals surface area contributed by atoms with Gasteiger partial charge in [-0.15, -0.1) is 0 Å². The van der Waals surface area contributed by atoms with E-state index >= 15 is 0 Å². The lowest BCUT2D eigenvalue weighted by atomic mass is 10.2. The second-order valence-corrected chi connectivity index (χ2v) is 6.21. The van der Waals surface area contributed by atoms with Gasteiger partial charge in [-0.3, -0.25) is 9.36 Å². The number of benzene rings is 1. The van der Waals surface area contributed by atoms with Crippen LogP contribution in [0.1, 0.15) is 18.4 Å². The van der Waals surface area contributed by atoms with Gasteiger partial charge in [0.1, 0.15) is 0 Å². The van der Waals surface area contributed by atoms with Gasteiger partial charge in [0.2, 0.25) is 0 Å². The van der Waals surface area contributed by atoms with Crippen molar-refractivity contribution in [2.75, 3.05) is 12.4 Å². The fourth-order valence-corrected chi connectivity index (χ4v) is 3.47. The Labute approximate surface area is 122 Å². The van der Waals surface area contributed by atoms with Gasteiger partial charge in [0.25, 0.3) is 5.56 Å². The standard InChI is InChI=1S/C15H18N2O2S/c1-10-5-6-13-12(8-10)14(18)17(2)15(16-13)20-9-11-4-3-7-19-11/h5-6,8,11H,3-4,7,9H2,1-2H3/t11-/m0/s1. The lowest BCUT2D eigenvalue weighted by molar-refractivity contribution is 0.129. The van der Waals surface area contributed by atoms with Gasteiger partial charge in [0, 0.05) is 19.4 Å². The minimum absolute atomic E-state index is 0.0218. The first-order chi connectivity index (χ1) is 9.65. The van der Waals surface area contributed by atoms with E-state index in [2.05, 4.69) is 4.98 Å². The van der Waals surface area contributed by atoms with E-state index in [-0.39, 0.29) is 5.56 Å². The summed E-state index contributed by atoms with van der Waals surface area (Å²) in [5, 5.41) is 1.45. The number of hydrogen-bond donors (Lipinski definition) is 0. The van der Waals surface area contributed by atoms with Gasteiger partial charge < -0.3 is 4.74 Å². The van der Waals surface area contributed by atoms with Gasteiger partial charge in [0.05, 0.1) is 17.0 Å². The summed E-state index contributed by atoms with van der Waals surface area (Å²) in [6.07, 6.45) is 2.54. The van der Waals surface area contributed by atoms with Crippen LogP contribution in [0, 0.1) is 6.92 Å². The molecule has 20 heavy (non-hydrogen) atoms. The van der Waals surface area contributed by atoms with E-state index in [0.29, 0.717) is 11.5 Å². The second-order valence-electron chi connectivity index (χ2n) is 5.23. The average molecular weight is 290 g/mol. The number of aryl methyl sites for hydroxylation is 1. The minimum atomic E-state index is 0.0218. The molecular weight excluding hydrogens is 272 g/mol. The number of thioether (sulfide) groups is 1. The molecule has 1 fully saturated rings. The van der Waals surface area contributed by atoms with Gasteiger partial charge >= 0.3 is 0 Å². The highest BCUT2D eigenvalue weighted by Crippen LogP contribution is 2.23.